The van der Waals surface area contributed by atoms with E-state index in [1.807, 2.05) is 0 Å². The molecule has 1 amide bonds. The molecule has 4 aromatic rings. The van der Waals surface area contributed by atoms with Gasteiger partial charge < -0.3 is 24.1 Å². The number of rotatable bonds is 8. The second kappa shape index (κ2) is 10.3. The predicted molar refractivity (Wildman–Crippen MR) is 126 cm³/mol. The van der Waals surface area contributed by atoms with Gasteiger partial charge in [-0.1, -0.05) is 23.7 Å². The van der Waals surface area contributed by atoms with Crippen LogP contribution >= 0.6 is 11.6 Å². The lowest BCUT2D eigenvalue weighted by atomic mass is 10.2. The van der Waals surface area contributed by atoms with Crippen LogP contribution in [0.15, 0.2) is 63.9 Å². The summed E-state index contributed by atoms with van der Waals surface area (Å²) in [6.07, 6.45) is 0. The molecule has 0 fully saturated rings. The average molecular weight is 498 g/mol. The fraction of sp³-hybridized carbons (Fsp3) is 0.167. The number of benzene rings is 2. The highest BCUT2D eigenvalue weighted by atomic mass is 35.5. The van der Waals surface area contributed by atoms with Gasteiger partial charge in [0.1, 0.15) is 23.9 Å². The van der Waals surface area contributed by atoms with E-state index in [2.05, 4.69) is 10.3 Å². The molecule has 0 bridgehead atoms. The van der Waals surface area contributed by atoms with Crippen LogP contribution in [-0.2, 0) is 16.1 Å². The number of carbonyl (C=O) groups excluding carboxylic acids is 2. The number of nitrogens with zero attached hydrogens (tertiary/aromatic N) is 2. The molecule has 0 atom stereocenters. The number of amides is 1. The van der Waals surface area contributed by atoms with Crippen molar-refractivity contribution in [1.29, 1.82) is 0 Å². The monoisotopic (exact) mass is 497 g/mol. The van der Waals surface area contributed by atoms with Gasteiger partial charge >= 0.3 is 5.97 Å². The standard InChI is InChI=1S/C24H20ClN3O7/c1-14-9-21-26-16(11-23(30)28(21)35-14)12-34-24(31)15-7-8-20(32-2)18(10-15)27-22(29)13-33-19-6-4-3-5-17(19)25/h3-11H,12-13H2,1-2H3,(H,27,29). The number of ether oxygens (including phenoxy) is 3. The number of para-hydroxylation sites is 1. The Kier molecular flexibility index (Phi) is 7.02. The number of hydrogen-bond donors (Lipinski definition) is 1. The molecule has 0 aliphatic carbocycles. The van der Waals surface area contributed by atoms with Crippen LogP contribution in [0.3, 0.4) is 0 Å². The summed E-state index contributed by atoms with van der Waals surface area (Å²) in [5.41, 5.74) is 0.562. The average Bonchev–Trinajstić information content (AvgIpc) is 3.22. The minimum atomic E-state index is -0.680. The smallest absolute Gasteiger partial charge is 0.338 e. The fourth-order valence-corrected chi connectivity index (χ4v) is 3.38. The molecule has 0 unspecified atom stereocenters. The van der Waals surface area contributed by atoms with E-state index < -0.39 is 17.4 Å². The number of fused-ring (bicyclic) bond motifs is 1. The van der Waals surface area contributed by atoms with Gasteiger partial charge in [-0.2, -0.15) is 0 Å². The van der Waals surface area contributed by atoms with Crippen LogP contribution in [0.25, 0.3) is 5.65 Å². The van der Waals surface area contributed by atoms with Gasteiger partial charge in [0.15, 0.2) is 12.3 Å². The van der Waals surface area contributed by atoms with E-state index in [1.165, 1.54) is 31.4 Å². The molecule has 0 saturated heterocycles. The van der Waals surface area contributed by atoms with Crippen LogP contribution < -0.4 is 20.3 Å². The molecular formula is C24H20ClN3O7. The molecule has 11 heteroatoms. The molecule has 0 radical (unpaired) electrons. The zero-order valence-electron chi connectivity index (χ0n) is 18.7. The molecule has 180 valence electrons. The van der Waals surface area contributed by atoms with Crippen molar-refractivity contribution >= 4 is 34.8 Å². The maximum atomic E-state index is 12.6. The molecule has 0 saturated carbocycles. The summed E-state index contributed by atoms with van der Waals surface area (Å²) in [5.74, 6) is 0.0607. The van der Waals surface area contributed by atoms with Crippen molar-refractivity contribution in [1.82, 2.24) is 9.56 Å². The molecular weight excluding hydrogens is 478 g/mol. The molecule has 0 aliphatic rings. The highest BCUT2D eigenvalue weighted by molar-refractivity contribution is 6.32. The van der Waals surface area contributed by atoms with E-state index in [0.717, 1.165) is 4.57 Å². The second-order valence-electron chi connectivity index (χ2n) is 7.34. The fourth-order valence-electron chi connectivity index (χ4n) is 3.19. The Morgan fingerprint density at radius 1 is 1.11 bits per heavy atom. The molecule has 0 aliphatic heterocycles. The van der Waals surface area contributed by atoms with Crippen molar-refractivity contribution in [2.24, 2.45) is 0 Å². The minimum absolute atomic E-state index is 0.157. The first-order valence-electron chi connectivity index (χ1n) is 10.4. The van der Waals surface area contributed by atoms with Crippen LogP contribution in [0.4, 0.5) is 5.69 Å². The first-order chi connectivity index (χ1) is 16.8. The van der Waals surface area contributed by atoms with Crippen molar-refractivity contribution < 1.29 is 28.3 Å². The molecule has 2 aromatic heterocycles. The second-order valence-corrected chi connectivity index (χ2v) is 7.75. The molecule has 2 aromatic carbocycles. The molecule has 0 spiro atoms. The van der Waals surface area contributed by atoms with Crippen molar-refractivity contribution in [2.45, 2.75) is 13.5 Å². The third-order valence-electron chi connectivity index (χ3n) is 4.78. The normalized spacial score (nSPS) is 10.7. The van der Waals surface area contributed by atoms with Crippen LogP contribution in [0, 0.1) is 6.92 Å². The molecule has 2 heterocycles. The summed E-state index contributed by atoms with van der Waals surface area (Å²) in [6, 6.07) is 14.0. The highest BCUT2D eigenvalue weighted by Gasteiger charge is 2.15. The third-order valence-corrected chi connectivity index (χ3v) is 5.09. The summed E-state index contributed by atoms with van der Waals surface area (Å²) in [4.78, 5) is 41.4. The highest BCUT2D eigenvalue weighted by Crippen LogP contribution is 2.27. The van der Waals surface area contributed by atoms with E-state index in [0.29, 0.717) is 27.9 Å². The van der Waals surface area contributed by atoms with Crippen LogP contribution in [-0.4, -0.2) is 35.2 Å². The zero-order valence-corrected chi connectivity index (χ0v) is 19.5. The Hall–Kier alpha value is -4.31. The van der Waals surface area contributed by atoms with Gasteiger partial charge in [-0.3, -0.25) is 9.59 Å². The number of nitrogens with one attached hydrogen (secondary N) is 1. The number of halogens is 1. The quantitative estimate of drug-likeness (QED) is 0.366. The number of anilines is 1. The van der Waals surface area contributed by atoms with Gasteiger partial charge in [-0.05, 0) is 37.3 Å². The molecule has 35 heavy (non-hydrogen) atoms. The van der Waals surface area contributed by atoms with Gasteiger partial charge in [0.05, 0.1) is 29.1 Å². The Balaban J connectivity index is 1.42. The number of esters is 1. The van der Waals surface area contributed by atoms with Crippen molar-refractivity contribution in [3.8, 4) is 11.5 Å². The van der Waals surface area contributed by atoms with E-state index in [1.54, 1.807) is 37.3 Å². The van der Waals surface area contributed by atoms with Gasteiger partial charge in [0.25, 0.3) is 11.5 Å². The Morgan fingerprint density at radius 2 is 1.91 bits per heavy atom. The van der Waals surface area contributed by atoms with Crippen LogP contribution in [0.5, 0.6) is 11.5 Å². The number of carbonyl (C=O) groups is 2. The summed E-state index contributed by atoms with van der Waals surface area (Å²) in [5, 5.41) is 3.02. The predicted octanol–water partition coefficient (Wildman–Crippen LogP) is 3.63. The molecule has 1 N–H and O–H groups in total. The van der Waals surface area contributed by atoms with E-state index >= 15 is 0 Å². The molecule has 4 rings (SSSR count). The summed E-state index contributed by atoms with van der Waals surface area (Å²) >= 11 is 6.03. The SMILES string of the molecule is COc1ccc(C(=O)OCc2cc(=O)n3oc(C)cc3n2)cc1NC(=O)COc1ccccc1Cl. The van der Waals surface area contributed by atoms with Gasteiger partial charge in [-0.15, -0.1) is 4.57 Å². The van der Waals surface area contributed by atoms with Crippen molar-refractivity contribution in [3.05, 3.63) is 87.0 Å². The summed E-state index contributed by atoms with van der Waals surface area (Å²) in [7, 11) is 1.43. The lowest BCUT2D eigenvalue weighted by Gasteiger charge is -2.13. The largest absolute Gasteiger partial charge is 0.495 e. The zero-order chi connectivity index (χ0) is 24.9. The number of aromatic nitrogens is 2. The Labute approximate surface area is 204 Å². The van der Waals surface area contributed by atoms with Gasteiger partial charge in [0, 0.05) is 12.1 Å². The summed E-state index contributed by atoms with van der Waals surface area (Å²) in [6.45, 7) is 1.16. The number of methoxy groups -OCH3 is 1. The Bertz CT molecular complexity index is 1460. The van der Waals surface area contributed by atoms with Crippen molar-refractivity contribution in [3.63, 3.8) is 0 Å². The van der Waals surface area contributed by atoms with E-state index in [-0.39, 0.29) is 30.2 Å². The Morgan fingerprint density at radius 3 is 2.69 bits per heavy atom. The van der Waals surface area contributed by atoms with E-state index in [9.17, 15) is 14.4 Å². The maximum Gasteiger partial charge on any atom is 0.338 e. The van der Waals surface area contributed by atoms with Gasteiger partial charge in [-0.25, -0.2) is 9.78 Å². The number of hydrogen-bond acceptors (Lipinski definition) is 8. The third kappa shape index (κ3) is 5.61. The van der Waals surface area contributed by atoms with Crippen LogP contribution in [0.1, 0.15) is 21.8 Å². The van der Waals surface area contributed by atoms with Crippen molar-refractivity contribution in [2.75, 3.05) is 19.0 Å². The number of aryl methyl sites for hydroxylation is 1. The van der Waals surface area contributed by atoms with Gasteiger partial charge in [0.2, 0.25) is 0 Å². The first-order valence-corrected chi connectivity index (χ1v) is 10.7. The molecule has 10 nitrogen and oxygen atoms in total. The lowest BCUT2D eigenvalue weighted by Crippen LogP contribution is -2.21. The maximum absolute atomic E-state index is 12.6. The van der Waals surface area contributed by atoms with E-state index in [4.69, 9.17) is 30.3 Å². The first kappa shape index (κ1) is 23.8. The summed E-state index contributed by atoms with van der Waals surface area (Å²) < 4.78 is 22.3. The minimum Gasteiger partial charge on any atom is -0.495 e. The topological polar surface area (TPSA) is 121 Å². The van der Waals surface area contributed by atoms with Crippen LogP contribution in [0.2, 0.25) is 5.02 Å². The lowest BCUT2D eigenvalue weighted by molar-refractivity contribution is -0.118.